The highest BCUT2D eigenvalue weighted by molar-refractivity contribution is 5.87. The van der Waals surface area contributed by atoms with Crippen LogP contribution in [0.3, 0.4) is 0 Å². The Balaban J connectivity index is 1.84. The van der Waals surface area contributed by atoms with Crippen LogP contribution in [0.5, 0.6) is 0 Å². The molecule has 2 N–H and O–H groups in total. The quantitative estimate of drug-likeness (QED) is 0.783. The third kappa shape index (κ3) is 3.18. The molecule has 0 unspecified atom stereocenters. The summed E-state index contributed by atoms with van der Waals surface area (Å²) in [6.45, 7) is 1.33. The van der Waals surface area contributed by atoms with E-state index in [1.165, 1.54) is 7.11 Å². The van der Waals surface area contributed by atoms with Gasteiger partial charge in [0.15, 0.2) is 0 Å². The number of nitrogens with one attached hydrogen (secondary N) is 2. The summed E-state index contributed by atoms with van der Waals surface area (Å²) in [5, 5.41) is 3.24. The summed E-state index contributed by atoms with van der Waals surface area (Å²) in [6.07, 6.45) is 1.76. The molecular formula is C13H15N3O2. The van der Waals surface area contributed by atoms with Crippen LogP contribution in [0.1, 0.15) is 21.9 Å². The molecule has 0 fully saturated rings. The summed E-state index contributed by atoms with van der Waals surface area (Å²) in [6, 6.07) is 9.37. The Morgan fingerprint density at radius 2 is 2.22 bits per heavy atom. The van der Waals surface area contributed by atoms with E-state index < -0.39 is 0 Å². The van der Waals surface area contributed by atoms with Gasteiger partial charge in [0.1, 0.15) is 5.69 Å². The first-order valence-electron chi connectivity index (χ1n) is 5.66. The van der Waals surface area contributed by atoms with Crippen LogP contribution in [-0.2, 0) is 17.8 Å². The third-order valence-corrected chi connectivity index (χ3v) is 2.50. The number of hydrogen-bond acceptors (Lipinski definition) is 4. The first kappa shape index (κ1) is 12.3. The maximum absolute atomic E-state index is 11.2. The predicted molar refractivity (Wildman–Crippen MR) is 66.9 cm³/mol. The molecule has 0 atom stereocenters. The molecule has 2 aromatic heterocycles. The minimum Gasteiger partial charge on any atom is -0.464 e. The van der Waals surface area contributed by atoms with Crippen LogP contribution in [0, 0.1) is 0 Å². The summed E-state index contributed by atoms with van der Waals surface area (Å²) in [5.74, 6) is -0.356. The van der Waals surface area contributed by atoms with Gasteiger partial charge in [-0.05, 0) is 24.3 Å². The fourth-order valence-corrected chi connectivity index (χ4v) is 1.60. The molecule has 2 heterocycles. The van der Waals surface area contributed by atoms with Crippen molar-refractivity contribution in [1.82, 2.24) is 15.3 Å². The molecule has 5 heteroatoms. The van der Waals surface area contributed by atoms with E-state index in [9.17, 15) is 4.79 Å². The van der Waals surface area contributed by atoms with Gasteiger partial charge >= 0.3 is 5.97 Å². The predicted octanol–water partition coefficient (Wildman–Crippen LogP) is 1.49. The molecule has 0 bridgehead atoms. The number of carbonyl (C=O) groups excluding carboxylic acids is 1. The van der Waals surface area contributed by atoms with E-state index in [-0.39, 0.29) is 5.97 Å². The molecule has 5 nitrogen and oxygen atoms in total. The van der Waals surface area contributed by atoms with Crippen molar-refractivity contribution in [2.75, 3.05) is 7.11 Å². The molecule has 0 spiro atoms. The highest BCUT2D eigenvalue weighted by Crippen LogP contribution is 2.03. The molecule has 0 aliphatic rings. The standard InChI is InChI=1S/C13H15N3O2/c1-18-13(17)12-6-5-11(16-12)9-14-8-10-4-2-3-7-15-10/h2-7,14,16H,8-9H2,1H3. The van der Waals surface area contributed by atoms with Gasteiger partial charge in [0.05, 0.1) is 12.8 Å². The summed E-state index contributed by atoms with van der Waals surface area (Å²) in [7, 11) is 1.36. The minimum atomic E-state index is -0.356. The lowest BCUT2D eigenvalue weighted by molar-refractivity contribution is 0.0594. The van der Waals surface area contributed by atoms with Crippen LogP contribution >= 0.6 is 0 Å². The average molecular weight is 245 g/mol. The van der Waals surface area contributed by atoms with Crippen molar-refractivity contribution < 1.29 is 9.53 Å². The number of ether oxygens (including phenoxy) is 1. The van der Waals surface area contributed by atoms with Crippen LogP contribution in [-0.4, -0.2) is 23.0 Å². The lowest BCUT2D eigenvalue weighted by Gasteiger charge is -2.02. The monoisotopic (exact) mass is 245 g/mol. The maximum Gasteiger partial charge on any atom is 0.354 e. The van der Waals surface area contributed by atoms with Crippen LogP contribution in [0.15, 0.2) is 36.5 Å². The number of H-pyrrole nitrogens is 1. The molecule has 0 amide bonds. The Kier molecular flexibility index (Phi) is 4.09. The molecule has 0 saturated heterocycles. The lowest BCUT2D eigenvalue weighted by atomic mass is 10.3. The Morgan fingerprint density at radius 3 is 2.94 bits per heavy atom. The summed E-state index contributed by atoms with van der Waals surface area (Å²) in [5.41, 5.74) is 2.38. The van der Waals surface area contributed by atoms with Gasteiger partial charge in [-0.1, -0.05) is 6.07 Å². The molecule has 0 saturated carbocycles. The van der Waals surface area contributed by atoms with Gasteiger partial charge in [-0.25, -0.2) is 4.79 Å². The second kappa shape index (κ2) is 5.97. The molecule has 0 aromatic carbocycles. The second-order valence-electron chi connectivity index (χ2n) is 3.81. The van der Waals surface area contributed by atoms with E-state index in [0.717, 1.165) is 11.4 Å². The van der Waals surface area contributed by atoms with Crippen LogP contribution in [0.2, 0.25) is 0 Å². The van der Waals surface area contributed by atoms with Gasteiger partial charge in [0.2, 0.25) is 0 Å². The van der Waals surface area contributed by atoms with E-state index in [0.29, 0.717) is 18.8 Å². The topological polar surface area (TPSA) is 67.0 Å². The van der Waals surface area contributed by atoms with Crippen LogP contribution in [0.25, 0.3) is 0 Å². The zero-order valence-electron chi connectivity index (χ0n) is 10.1. The van der Waals surface area contributed by atoms with Gasteiger partial charge in [-0.15, -0.1) is 0 Å². The smallest absolute Gasteiger partial charge is 0.354 e. The lowest BCUT2D eigenvalue weighted by Crippen LogP contribution is -2.14. The number of aromatic amines is 1. The van der Waals surface area contributed by atoms with E-state index in [4.69, 9.17) is 0 Å². The van der Waals surface area contributed by atoms with Crippen molar-refractivity contribution in [1.29, 1.82) is 0 Å². The largest absolute Gasteiger partial charge is 0.464 e. The number of rotatable bonds is 5. The van der Waals surface area contributed by atoms with Crippen LogP contribution in [0.4, 0.5) is 0 Å². The van der Waals surface area contributed by atoms with E-state index in [1.54, 1.807) is 12.3 Å². The van der Waals surface area contributed by atoms with Crippen molar-refractivity contribution in [3.63, 3.8) is 0 Å². The second-order valence-corrected chi connectivity index (χ2v) is 3.81. The highest BCUT2D eigenvalue weighted by Gasteiger charge is 2.07. The van der Waals surface area contributed by atoms with Gasteiger partial charge in [0.25, 0.3) is 0 Å². The summed E-state index contributed by atoms with van der Waals surface area (Å²) in [4.78, 5) is 18.4. The normalized spacial score (nSPS) is 10.3. The Morgan fingerprint density at radius 1 is 1.33 bits per heavy atom. The number of esters is 1. The van der Waals surface area contributed by atoms with Crippen molar-refractivity contribution in [2.24, 2.45) is 0 Å². The number of carbonyl (C=O) groups is 1. The van der Waals surface area contributed by atoms with Gasteiger partial charge < -0.3 is 15.0 Å². The average Bonchev–Trinajstić information content (AvgIpc) is 2.88. The third-order valence-electron chi connectivity index (χ3n) is 2.50. The Labute approximate surface area is 105 Å². The van der Waals surface area contributed by atoms with E-state index >= 15 is 0 Å². The molecular weight excluding hydrogens is 230 g/mol. The zero-order valence-corrected chi connectivity index (χ0v) is 10.1. The molecule has 0 aliphatic carbocycles. The summed E-state index contributed by atoms with van der Waals surface area (Å²) < 4.78 is 4.62. The zero-order chi connectivity index (χ0) is 12.8. The number of nitrogens with zero attached hydrogens (tertiary/aromatic N) is 1. The molecule has 0 radical (unpaired) electrons. The van der Waals surface area contributed by atoms with Gasteiger partial charge in [-0.2, -0.15) is 0 Å². The number of hydrogen-bond donors (Lipinski definition) is 2. The summed E-state index contributed by atoms with van der Waals surface area (Å²) >= 11 is 0. The first-order chi connectivity index (χ1) is 8.79. The van der Waals surface area contributed by atoms with E-state index in [2.05, 4.69) is 20.0 Å². The first-order valence-corrected chi connectivity index (χ1v) is 5.66. The van der Waals surface area contributed by atoms with Crippen LogP contribution < -0.4 is 5.32 Å². The Hall–Kier alpha value is -2.14. The minimum absolute atomic E-state index is 0.356. The SMILES string of the molecule is COC(=O)c1ccc(CNCc2ccccn2)[nH]1. The molecule has 0 aliphatic heterocycles. The fourth-order valence-electron chi connectivity index (χ4n) is 1.60. The number of aromatic nitrogens is 2. The van der Waals surface area contributed by atoms with Gasteiger partial charge in [0, 0.05) is 25.0 Å². The Bertz CT molecular complexity index is 508. The molecule has 18 heavy (non-hydrogen) atoms. The van der Waals surface area contributed by atoms with Crippen molar-refractivity contribution in [3.8, 4) is 0 Å². The fraction of sp³-hybridized carbons (Fsp3) is 0.231. The highest BCUT2D eigenvalue weighted by atomic mass is 16.5. The molecule has 2 rings (SSSR count). The molecule has 94 valence electrons. The van der Waals surface area contributed by atoms with Crippen molar-refractivity contribution in [2.45, 2.75) is 13.1 Å². The number of pyridine rings is 1. The van der Waals surface area contributed by atoms with Crippen molar-refractivity contribution in [3.05, 3.63) is 53.6 Å². The number of methoxy groups -OCH3 is 1. The van der Waals surface area contributed by atoms with Gasteiger partial charge in [-0.3, -0.25) is 4.98 Å². The maximum atomic E-state index is 11.2. The van der Waals surface area contributed by atoms with Crippen molar-refractivity contribution >= 4 is 5.97 Å². The molecule has 2 aromatic rings. The van der Waals surface area contributed by atoms with E-state index in [1.807, 2.05) is 24.3 Å².